The summed E-state index contributed by atoms with van der Waals surface area (Å²) in [4.78, 5) is 27.7. The second-order valence-electron chi connectivity index (χ2n) is 6.72. The van der Waals surface area contributed by atoms with Crippen molar-refractivity contribution in [3.8, 4) is 0 Å². The number of anilines is 2. The van der Waals surface area contributed by atoms with E-state index in [0.29, 0.717) is 11.6 Å². The van der Waals surface area contributed by atoms with E-state index >= 15 is 0 Å². The number of hydrogen-bond acceptors (Lipinski definition) is 7. The van der Waals surface area contributed by atoms with Crippen LogP contribution in [0.2, 0.25) is 0 Å². The lowest BCUT2D eigenvalue weighted by atomic mass is 9.99. The molecule has 2 aromatic heterocycles. The normalized spacial score (nSPS) is 15.2. The molecule has 27 heavy (non-hydrogen) atoms. The maximum atomic E-state index is 12.3. The van der Waals surface area contributed by atoms with Gasteiger partial charge in [-0.05, 0) is 30.9 Å². The number of amides is 1. The number of carbonyl (C=O) groups is 1. The van der Waals surface area contributed by atoms with Crippen molar-refractivity contribution in [2.45, 2.75) is 24.1 Å². The SMILES string of the molecule is CC1CCN(c2cc(NC(=O)CSc3nc4ccccc4s3)ncn2)CC1. The highest BCUT2D eigenvalue weighted by atomic mass is 32.2. The second kappa shape index (κ2) is 8.22. The minimum Gasteiger partial charge on any atom is -0.356 e. The number of thiazole rings is 1. The van der Waals surface area contributed by atoms with Crippen LogP contribution in [0.1, 0.15) is 19.8 Å². The molecule has 0 atom stereocenters. The summed E-state index contributed by atoms with van der Waals surface area (Å²) in [5, 5.41) is 2.87. The van der Waals surface area contributed by atoms with Crippen molar-refractivity contribution >= 4 is 50.9 Å². The van der Waals surface area contributed by atoms with E-state index in [2.05, 4.69) is 32.1 Å². The van der Waals surface area contributed by atoms with Crippen molar-refractivity contribution in [3.05, 3.63) is 36.7 Å². The van der Waals surface area contributed by atoms with E-state index in [1.807, 2.05) is 30.3 Å². The van der Waals surface area contributed by atoms with E-state index in [1.165, 1.54) is 30.9 Å². The third kappa shape index (κ3) is 4.56. The summed E-state index contributed by atoms with van der Waals surface area (Å²) in [6, 6.07) is 9.85. The van der Waals surface area contributed by atoms with Crippen LogP contribution in [0.15, 0.2) is 41.0 Å². The van der Waals surface area contributed by atoms with Gasteiger partial charge in [0.15, 0.2) is 4.34 Å². The van der Waals surface area contributed by atoms with E-state index in [1.54, 1.807) is 11.3 Å². The number of nitrogens with zero attached hydrogens (tertiary/aromatic N) is 4. The zero-order valence-corrected chi connectivity index (χ0v) is 16.7. The van der Waals surface area contributed by atoms with Gasteiger partial charge in [0.1, 0.15) is 18.0 Å². The molecule has 1 amide bonds. The summed E-state index contributed by atoms with van der Waals surface area (Å²) in [6.45, 7) is 4.28. The molecule has 0 spiro atoms. The van der Waals surface area contributed by atoms with Crippen molar-refractivity contribution in [3.63, 3.8) is 0 Å². The molecule has 1 N–H and O–H groups in total. The standard InChI is InChI=1S/C19H21N5OS2/c1-13-6-8-24(9-7-13)17-10-16(20-12-21-17)23-18(25)11-26-19-22-14-4-2-3-5-15(14)27-19/h2-5,10,12-13H,6-9,11H2,1H3,(H,20,21,23,25). The Morgan fingerprint density at radius 3 is 2.93 bits per heavy atom. The number of para-hydroxylation sites is 1. The molecule has 0 saturated carbocycles. The van der Waals surface area contributed by atoms with E-state index in [0.717, 1.165) is 39.4 Å². The van der Waals surface area contributed by atoms with Crippen molar-refractivity contribution in [2.75, 3.05) is 29.1 Å². The van der Waals surface area contributed by atoms with Crippen molar-refractivity contribution < 1.29 is 4.79 Å². The van der Waals surface area contributed by atoms with Crippen LogP contribution in [-0.4, -0.2) is 39.7 Å². The van der Waals surface area contributed by atoms with Gasteiger partial charge in [0.05, 0.1) is 16.0 Å². The largest absolute Gasteiger partial charge is 0.356 e. The van der Waals surface area contributed by atoms with Crippen LogP contribution in [0.5, 0.6) is 0 Å². The highest BCUT2D eigenvalue weighted by Gasteiger charge is 2.17. The highest BCUT2D eigenvalue weighted by molar-refractivity contribution is 8.01. The molecule has 1 fully saturated rings. The Bertz CT molecular complexity index is 904. The van der Waals surface area contributed by atoms with Crippen LogP contribution < -0.4 is 10.2 Å². The topological polar surface area (TPSA) is 71.0 Å². The molecule has 1 aliphatic rings. The molecule has 8 heteroatoms. The Balaban J connectivity index is 1.34. The van der Waals surface area contributed by atoms with Crippen LogP contribution >= 0.6 is 23.1 Å². The van der Waals surface area contributed by atoms with E-state index in [9.17, 15) is 4.79 Å². The van der Waals surface area contributed by atoms with Gasteiger partial charge < -0.3 is 10.2 Å². The predicted octanol–water partition coefficient (Wildman–Crippen LogP) is 4.05. The zero-order valence-electron chi connectivity index (χ0n) is 15.1. The number of benzene rings is 1. The number of rotatable bonds is 5. The summed E-state index contributed by atoms with van der Waals surface area (Å²) >= 11 is 3.05. The third-order valence-electron chi connectivity index (χ3n) is 4.63. The van der Waals surface area contributed by atoms with Gasteiger partial charge in [-0.25, -0.2) is 15.0 Å². The molecule has 4 rings (SSSR count). The molecule has 0 aliphatic carbocycles. The van der Waals surface area contributed by atoms with Crippen LogP contribution in [0, 0.1) is 5.92 Å². The molecule has 140 valence electrons. The monoisotopic (exact) mass is 399 g/mol. The number of fused-ring (bicyclic) bond motifs is 1. The number of piperidine rings is 1. The summed E-state index contributed by atoms with van der Waals surface area (Å²) < 4.78 is 2.04. The lowest BCUT2D eigenvalue weighted by Crippen LogP contribution is -2.33. The lowest BCUT2D eigenvalue weighted by molar-refractivity contribution is -0.113. The fourth-order valence-corrected chi connectivity index (χ4v) is 4.91. The van der Waals surface area contributed by atoms with Gasteiger partial charge in [0, 0.05) is 19.2 Å². The van der Waals surface area contributed by atoms with Crippen molar-refractivity contribution in [1.82, 2.24) is 15.0 Å². The molecule has 6 nitrogen and oxygen atoms in total. The summed E-state index contributed by atoms with van der Waals surface area (Å²) in [6.07, 6.45) is 3.86. The van der Waals surface area contributed by atoms with Gasteiger partial charge in [0.2, 0.25) is 5.91 Å². The van der Waals surface area contributed by atoms with Gasteiger partial charge >= 0.3 is 0 Å². The fraction of sp³-hybridized carbons (Fsp3) is 0.368. The average Bonchev–Trinajstić information content (AvgIpc) is 3.10. The zero-order chi connectivity index (χ0) is 18.6. The number of carbonyl (C=O) groups excluding carboxylic acids is 1. The lowest BCUT2D eigenvalue weighted by Gasteiger charge is -2.31. The number of thioether (sulfide) groups is 1. The van der Waals surface area contributed by atoms with Gasteiger partial charge in [-0.15, -0.1) is 11.3 Å². The Hall–Kier alpha value is -2.19. The molecule has 0 bridgehead atoms. The van der Waals surface area contributed by atoms with Crippen LogP contribution in [0.25, 0.3) is 10.2 Å². The summed E-state index contributed by atoms with van der Waals surface area (Å²) in [5.41, 5.74) is 0.974. The predicted molar refractivity (Wildman–Crippen MR) is 112 cm³/mol. The first-order valence-electron chi connectivity index (χ1n) is 9.02. The number of nitrogens with one attached hydrogen (secondary N) is 1. The third-order valence-corrected chi connectivity index (χ3v) is 6.81. The Kier molecular flexibility index (Phi) is 5.54. The maximum absolute atomic E-state index is 12.3. The van der Waals surface area contributed by atoms with Crippen LogP contribution in [0.3, 0.4) is 0 Å². The van der Waals surface area contributed by atoms with Crippen LogP contribution in [-0.2, 0) is 4.79 Å². The van der Waals surface area contributed by atoms with Gasteiger partial charge in [-0.1, -0.05) is 30.8 Å². The van der Waals surface area contributed by atoms with Gasteiger partial charge in [0.25, 0.3) is 0 Å². The molecule has 1 saturated heterocycles. The van der Waals surface area contributed by atoms with Crippen molar-refractivity contribution in [1.29, 1.82) is 0 Å². The Labute approximate surface area is 166 Å². The second-order valence-corrected chi connectivity index (χ2v) is 8.97. The van der Waals surface area contributed by atoms with Gasteiger partial charge in [-0.3, -0.25) is 4.79 Å². The molecule has 0 radical (unpaired) electrons. The summed E-state index contributed by atoms with van der Waals surface area (Å²) in [5.74, 6) is 2.41. The van der Waals surface area contributed by atoms with Crippen LogP contribution in [0.4, 0.5) is 11.6 Å². The molecule has 3 heterocycles. The maximum Gasteiger partial charge on any atom is 0.235 e. The first kappa shape index (κ1) is 18.2. The number of hydrogen-bond donors (Lipinski definition) is 1. The first-order chi connectivity index (χ1) is 13.2. The molecule has 3 aromatic rings. The van der Waals surface area contributed by atoms with Gasteiger partial charge in [-0.2, -0.15) is 0 Å². The van der Waals surface area contributed by atoms with E-state index in [-0.39, 0.29) is 5.91 Å². The smallest absolute Gasteiger partial charge is 0.235 e. The average molecular weight is 400 g/mol. The van der Waals surface area contributed by atoms with E-state index in [4.69, 9.17) is 0 Å². The molecule has 1 aromatic carbocycles. The Morgan fingerprint density at radius 2 is 2.11 bits per heavy atom. The van der Waals surface area contributed by atoms with E-state index < -0.39 is 0 Å². The van der Waals surface area contributed by atoms with Crippen molar-refractivity contribution in [2.24, 2.45) is 5.92 Å². The quantitative estimate of drug-likeness (QED) is 0.653. The fourth-order valence-electron chi connectivity index (χ4n) is 3.05. The minimum atomic E-state index is -0.0869. The molecular formula is C19H21N5OS2. The molecule has 0 unspecified atom stereocenters. The Morgan fingerprint density at radius 1 is 1.30 bits per heavy atom. The molecular weight excluding hydrogens is 378 g/mol. The highest BCUT2D eigenvalue weighted by Crippen LogP contribution is 2.29. The minimum absolute atomic E-state index is 0.0869. The first-order valence-corrected chi connectivity index (χ1v) is 10.8. The number of aromatic nitrogens is 3. The molecule has 1 aliphatic heterocycles. The summed E-state index contributed by atoms with van der Waals surface area (Å²) in [7, 11) is 0.